The number of para-hydroxylation sites is 5. The minimum atomic E-state index is 0.802. The van der Waals surface area contributed by atoms with E-state index in [4.69, 9.17) is 4.42 Å². The van der Waals surface area contributed by atoms with Crippen LogP contribution in [0.2, 0.25) is 0 Å². The van der Waals surface area contributed by atoms with Crippen LogP contribution in [-0.2, 0) is 0 Å². The lowest BCUT2D eigenvalue weighted by Crippen LogP contribution is -2.13. The molecule has 0 saturated carbocycles. The van der Waals surface area contributed by atoms with Crippen LogP contribution in [0, 0.1) is 0 Å². The summed E-state index contributed by atoms with van der Waals surface area (Å²) in [5.74, 6) is 0. The SMILES string of the molecule is c1ccc(-c2ccc(N(c3ccccc3)c3ccccc3-c3ccc4oc5c(N(c6ccccc6)c6cccc7ccccc67)cc(N(c6ccccc6)c6ccccc6)cc5c4c3)cc2)cc1. The number of nitrogens with zero attached hydrogens (tertiary/aromatic N) is 3. The van der Waals surface area contributed by atoms with Crippen LogP contribution in [0.1, 0.15) is 0 Å². The van der Waals surface area contributed by atoms with Crippen LogP contribution in [0.15, 0.2) is 277 Å². The largest absolute Gasteiger partial charge is 0.454 e. The van der Waals surface area contributed by atoms with Crippen molar-refractivity contribution in [2.75, 3.05) is 14.7 Å². The third-order valence-corrected chi connectivity index (χ3v) is 12.8. The summed E-state index contributed by atoms with van der Waals surface area (Å²) in [6.45, 7) is 0. The van der Waals surface area contributed by atoms with Crippen molar-refractivity contribution in [1.82, 2.24) is 0 Å². The molecule has 4 heteroatoms. The summed E-state index contributed by atoms with van der Waals surface area (Å²) >= 11 is 0. The molecular weight excluding hydrogens is 827 g/mol. The first-order valence-electron chi connectivity index (χ1n) is 23.1. The number of hydrogen-bond acceptors (Lipinski definition) is 4. The van der Waals surface area contributed by atoms with E-state index in [1.807, 2.05) is 0 Å². The Bertz CT molecular complexity index is 3620. The molecule has 11 aromatic carbocycles. The molecule has 12 aromatic rings. The van der Waals surface area contributed by atoms with E-state index >= 15 is 0 Å². The number of benzene rings is 11. The molecule has 0 N–H and O–H groups in total. The normalized spacial score (nSPS) is 11.2. The van der Waals surface area contributed by atoms with Crippen molar-refractivity contribution in [2.24, 2.45) is 0 Å². The first-order valence-corrected chi connectivity index (χ1v) is 23.1. The van der Waals surface area contributed by atoms with E-state index in [9.17, 15) is 0 Å². The van der Waals surface area contributed by atoms with Crippen LogP contribution in [0.4, 0.5) is 51.2 Å². The standard InChI is InChI=1S/C64H45N3O/c1-6-21-46(22-7-1)47-37-40-54(41-38-47)66(52-29-12-4-13-30-52)60-35-19-18-34-57(60)49-39-42-63-58(43-49)59-44-55(65(50-25-8-2-9-26-50)51-27-10-3-11-28-51)45-62(64(59)68-63)67(53-31-14-5-15-32-53)61-36-20-24-48-23-16-17-33-56(48)61/h1-45H. The van der Waals surface area contributed by atoms with E-state index in [1.165, 1.54) is 11.1 Å². The zero-order chi connectivity index (χ0) is 45.2. The molecule has 0 atom stereocenters. The van der Waals surface area contributed by atoms with Gasteiger partial charge < -0.3 is 19.1 Å². The Labute approximate surface area is 396 Å². The average Bonchev–Trinajstić information content (AvgIpc) is 3.79. The van der Waals surface area contributed by atoms with Crippen molar-refractivity contribution in [3.8, 4) is 22.3 Å². The maximum Gasteiger partial charge on any atom is 0.159 e. The second-order valence-corrected chi connectivity index (χ2v) is 16.9. The monoisotopic (exact) mass is 871 g/mol. The van der Waals surface area contributed by atoms with E-state index in [-0.39, 0.29) is 0 Å². The van der Waals surface area contributed by atoms with Gasteiger partial charge in [0.25, 0.3) is 0 Å². The zero-order valence-corrected chi connectivity index (χ0v) is 37.2. The van der Waals surface area contributed by atoms with Crippen LogP contribution in [-0.4, -0.2) is 0 Å². The molecule has 1 heterocycles. The van der Waals surface area contributed by atoms with Gasteiger partial charge in [-0.25, -0.2) is 0 Å². The lowest BCUT2D eigenvalue weighted by Gasteiger charge is -2.30. The maximum absolute atomic E-state index is 7.15. The Balaban J connectivity index is 1.09. The van der Waals surface area contributed by atoms with Crippen LogP contribution in [0.5, 0.6) is 0 Å². The van der Waals surface area contributed by atoms with Gasteiger partial charge >= 0.3 is 0 Å². The van der Waals surface area contributed by atoms with Gasteiger partial charge in [0.1, 0.15) is 5.58 Å². The highest BCUT2D eigenvalue weighted by atomic mass is 16.3. The fourth-order valence-corrected chi connectivity index (χ4v) is 9.65. The molecule has 0 aliphatic rings. The summed E-state index contributed by atoms with van der Waals surface area (Å²) in [4.78, 5) is 7.06. The van der Waals surface area contributed by atoms with Gasteiger partial charge in [0.15, 0.2) is 5.58 Å². The summed E-state index contributed by atoms with van der Waals surface area (Å²) in [6, 6.07) is 97.1. The minimum absolute atomic E-state index is 0.802. The summed E-state index contributed by atoms with van der Waals surface area (Å²) in [5, 5.41) is 4.35. The van der Waals surface area contributed by atoms with Crippen molar-refractivity contribution in [3.63, 3.8) is 0 Å². The maximum atomic E-state index is 7.15. The number of hydrogen-bond donors (Lipinski definition) is 0. The van der Waals surface area contributed by atoms with Crippen molar-refractivity contribution < 1.29 is 4.42 Å². The molecule has 0 amide bonds. The third-order valence-electron chi connectivity index (χ3n) is 12.8. The minimum Gasteiger partial charge on any atom is -0.454 e. The van der Waals surface area contributed by atoms with Gasteiger partial charge in [-0.15, -0.1) is 0 Å². The van der Waals surface area contributed by atoms with Gasteiger partial charge in [-0.2, -0.15) is 0 Å². The van der Waals surface area contributed by atoms with E-state index in [2.05, 4.69) is 288 Å². The molecule has 0 bridgehead atoms. The number of anilines is 9. The first kappa shape index (κ1) is 40.4. The highest BCUT2D eigenvalue weighted by Gasteiger charge is 2.25. The topological polar surface area (TPSA) is 22.9 Å². The van der Waals surface area contributed by atoms with E-state index < -0.39 is 0 Å². The lowest BCUT2D eigenvalue weighted by atomic mass is 9.98. The van der Waals surface area contributed by atoms with Gasteiger partial charge in [0.05, 0.1) is 17.1 Å². The fraction of sp³-hybridized carbons (Fsp3) is 0. The Kier molecular flexibility index (Phi) is 10.5. The number of rotatable bonds is 11. The summed E-state index contributed by atoms with van der Waals surface area (Å²) in [5.41, 5.74) is 15.5. The number of fused-ring (bicyclic) bond motifs is 4. The fourth-order valence-electron chi connectivity index (χ4n) is 9.65. The smallest absolute Gasteiger partial charge is 0.159 e. The van der Waals surface area contributed by atoms with Crippen molar-refractivity contribution >= 4 is 83.9 Å². The van der Waals surface area contributed by atoms with E-state index in [0.29, 0.717) is 0 Å². The van der Waals surface area contributed by atoms with Crippen LogP contribution >= 0.6 is 0 Å². The Morgan fingerprint density at radius 3 is 1.40 bits per heavy atom. The van der Waals surface area contributed by atoms with Crippen molar-refractivity contribution in [2.45, 2.75) is 0 Å². The predicted molar refractivity (Wildman–Crippen MR) is 286 cm³/mol. The average molecular weight is 872 g/mol. The Morgan fingerprint density at radius 2 is 0.735 bits per heavy atom. The molecule has 0 spiro atoms. The van der Waals surface area contributed by atoms with E-state index in [1.54, 1.807) is 0 Å². The molecular formula is C64H45N3O. The van der Waals surface area contributed by atoms with E-state index in [0.717, 1.165) is 95.0 Å². The van der Waals surface area contributed by atoms with Crippen LogP contribution in [0.25, 0.3) is 55.0 Å². The van der Waals surface area contributed by atoms with Crippen molar-refractivity contribution in [3.05, 3.63) is 273 Å². The summed E-state index contributed by atoms with van der Waals surface area (Å²) in [6.07, 6.45) is 0. The molecule has 0 aliphatic heterocycles. The lowest BCUT2D eigenvalue weighted by molar-refractivity contribution is 0.669. The molecule has 4 nitrogen and oxygen atoms in total. The molecule has 0 saturated heterocycles. The molecule has 1 aromatic heterocycles. The molecule has 0 fully saturated rings. The Hall–Kier alpha value is -9.12. The Morgan fingerprint density at radius 1 is 0.250 bits per heavy atom. The van der Waals surface area contributed by atoms with Gasteiger partial charge in [-0.05, 0) is 119 Å². The van der Waals surface area contributed by atoms with Gasteiger partial charge in [0.2, 0.25) is 0 Å². The van der Waals surface area contributed by atoms with Crippen LogP contribution < -0.4 is 14.7 Å². The zero-order valence-electron chi connectivity index (χ0n) is 37.2. The van der Waals surface area contributed by atoms with Gasteiger partial charge in [-0.1, -0.05) is 176 Å². The number of furan rings is 1. The van der Waals surface area contributed by atoms with Crippen LogP contribution in [0.3, 0.4) is 0 Å². The third kappa shape index (κ3) is 7.50. The molecule has 0 aliphatic carbocycles. The quantitative estimate of drug-likeness (QED) is 0.129. The molecule has 0 radical (unpaired) electrons. The van der Waals surface area contributed by atoms with Gasteiger partial charge in [-0.3, -0.25) is 0 Å². The van der Waals surface area contributed by atoms with Crippen molar-refractivity contribution in [1.29, 1.82) is 0 Å². The molecule has 322 valence electrons. The summed E-state index contributed by atoms with van der Waals surface area (Å²) < 4.78 is 7.15. The predicted octanol–water partition coefficient (Wildman–Crippen LogP) is 18.5. The molecule has 68 heavy (non-hydrogen) atoms. The highest BCUT2D eigenvalue weighted by Crippen LogP contribution is 2.49. The molecule has 0 unspecified atom stereocenters. The summed E-state index contributed by atoms with van der Waals surface area (Å²) in [7, 11) is 0. The second kappa shape index (κ2) is 17.7. The van der Waals surface area contributed by atoms with Gasteiger partial charge in [0, 0.05) is 55.8 Å². The second-order valence-electron chi connectivity index (χ2n) is 16.9. The molecule has 12 rings (SSSR count). The first-order chi connectivity index (χ1) is 33.7. The highest BCUT2D eigenvalue weighted by molar-refractivity contribution is 6.14.